The summed E-state index contributed by atoms with van der Waals surface area (Å²) in [6, 6.07) is 1.04. The minimum Gasteiger partial charge on any atom is -0.394 e. The van der Waals surface area contributed by atoms with Crippen LogP contribution in [0.1, 0.15) is 6.23 Å². The van der Waals surface area contributed by atoms with E-state index in [1.54, 1.807) is 0 Å². The molecule has 2 heterocycles. The van der Waals surface area contributed by atoms with Gasteiger partial charge in [-0.05, 0) is 0 Å². The Labute approximate surface area is 94.1 Å². The number of nitrogens with zero attached hydrogens (tertiary/aromatic N) is 1. The van der Waals surface area contributed by atoms with Crippen molar-refractivity contribution in [2.45, 2.75) is 24.6 Å². The zero-order chi connectivity index (χ0) is 12.6. The van der Waals surface area contributed by atoms with Gasteiger partial charge in [-0.15, -0.1) is 0 Å². The van der Waals surface area contributed by atoms with Gasteiger partial charge in [0.2, 0.25) is 0 Å². The van der Waals surface area contributed by atoms with Crippen LogP contribution in [0.2, 0.25) is 0 Å². The molecular formula is C9H11FN2O5. The van der Waals surface area contributed by atoms with E-state index in [1.807, 2.05) is 0 Å². The van der Waals surface area contributed by atoms with Crippen LogP contribution < -0.4 is 11.2 Å². The third kappa shape index (κ3) is 1.90. The second-order valence-corrected chi connectivity index (χ2v) is 3.67. The Kier molecular flexibility index (Phi) is 3.09. The van der Waals surface area contributed by atoms with Crippen molar-refractivity contribution in [1.82, 2.24) is 9.55 Å². The maximum atomic E-state index is 13.7. The smallest absolute Gasteiger partial charge is 0.330 e. The molecule has 0 bridgehead atoms. The third-order valence-electron chi connectivity index (χ3n) is 2.62. The molecule has 1 aromatic rings. The second-order valence-electron chi connectivity index (χ2n) is 3.67. The van der Waals surface area contributed by atoms with E-state index in [1.165, 1.54) is 0 Å². The minimum absolute atomic E-state index is 0.531. The van der Waals surface area contributed by atoms with Crippen molar-refractivity contribution < 1.29 is 19.3 Å². The Hall–Kier alpha value is -1.51. The molecular weight excluding hydrogens is 235 g/mol. The van der Waals surface area contributed by atoms with Crippen LogP contribution in [0, 0.1) is 0 Å². The fourth-order valence-corrected chi connectivity index (χ4v) is 1.74. The fraction of sp³-hybridized carbons (Fsp3) is 0.556. The molecule has 4 atom stereocenters. The first kappa shape index (κ1) is 12.0. The molecule has 0 aromatic carbocycles. The number of ether oxygens (including phenoxy) is 1. The molecule has 0 unspecified atom stereocenters. The fourth-order valence-electron chi connectivity index (χ4n) is 1.74. The molecule has 1 aliphatic heterocycles. The van der Waals surface area contributed by atoms with E-state index in [2.05, 4.69) is 4.98 Å². The van der Waals surface area contributed by atoms with Gasteiger partial charge in [-0.2, -0.15) is 0 Å². The Morgan fingerprint density at radius 1 is 1.53 bits per heavy atom. The van der Waals surface area contributed by atoms with Gasteiger partial charge in [0.25, 0.3) is 5.56 Å². The number of aromatic amines is 1. The number of hydrogen-bond acceptors (Lipinski definition) is 5. The molecule has 0 amide bonds. The molecule has 0 aliphatic carbocycles. The van der Waals surface area contributed by atoms with Crippen LogP contribution in [0.4, 0.5) is 4.39 Å². The van der Waals surface area contributed by atoms with Gasteiger partial charge >= 0.3 is 5.69 Å². The molecule has 0 saturated carbocycles. The van der Waals surface area contributed by atoms with Crippen LogP contribution in [0.25, 0.3) is 0 Å². The number of aliphatic hydroxyl groups is 2. The molecule has 94 valence electrons. The van der Waals surface area contributed by atoms with E-state index in [4.69, 9.17) is 9.84 Å². The Morgan fingerprint density at radius 2 is 2.24 bits per heavy atom. The molecule has 0 radical (unpaired) electrons. The lowest BCUT2D eigenvalue weighted by molar-refractivity contribution is -0.0503. The monoisotopic (exact) mass is 246 g/mol. The van der Waals surface area contributed by atoms with Crippen molar-refractivity contribution in [3.8, 4) is 0 Å². The van der Waals surface area contributed by atoms with Crippen molar-refractivity contribution in [3.05, 3.63) is 33.1 Å². The van der Waals surface area contributed by atoms with Crippen molar-refractivity contribution in [3.63, 3.8) is 0 Å². The highest BCUT2D eigenvalue weighted by Gasteiger charge is 2.45. The Bertz CT molecular complexity index is 484. The van der Waals surface area contributed by atoms with Gasteiger partial charge in [0.1, 0.15) is 12.2 Å². The molecule has 8 heteroatoms. The number of nitrogens with one attached hydrogen (secondary N) is 1. The molecule has 1 aliphatic rings. The highest BCUT2D eigenvalue weighted by atomic mass is 19.1. The molecule has 1 aromatic heterocycles. The van der Waals surface area contributed by atoms with Crippen LogP contribution >= 0.6 is 0 Å². The zero-order valence-electron chi connectivity index (χ0n) is 8.62. The third-order valence-corrected chi connectivity index (χ3v) is 2.62. The summed E-state index contributed by atoms with van der Waals surface area (Å²) in [6.07, 6.45) is -5.07. The first-order valence-corrected chi connectivity index (χ1v) is 4.95. The lowest BCUT2D eigenvalue weighted by Gasteiger charge is -2.14. The van der Waals surface area contributed by atoms with Crippen LogP contribution in [0.5, 0.6) is 0 Å². The predicted molar refractivity (Wildman–Crippen MR) is 53.2 cm³/mol. The molecule has 7 nitrogen and oxygen atoms in total. The maximum absolute atomic E-state index is 13.7. The molecule has 17 heavy (non-hydrogen) atoms. The van der Waals surface area contributed by atoms with Crippen molar-refractivity contribution >= 4 is 0 Å². The summed E-state index contributed by atoms with van der Waals surface area (Å²) in [4.78, 5) is 25.0. The van der Waals surface area contributed by atoms with Crippen molar-refractivity contribution in [1.29, 1.82) is 0 Å². The highest BCUT2D eigenvalue weighted by Crippen LogP contribution is 2.29. The van der Waals surface area contributed by atoms with Gasteiger partial charge in [0, 0.05) is 12.3 Å². The van der Waals surface area contributed by atoms with E-state index in [-0.39, 0.29) is 0 Å². The number of alkyl halides is 1. The van der Waals surface area contributed by atoms with Crippen LogP contribution in [0.3, 0.4) is 0 Å². The summed E-state index contributed by atoms with van der Waals surface area (Å²) < 4.78 is 19.1. The van der Waals surface area contributed by atoms with Gasteiger partial charge < -0.3 is 19.9 Å². The molecule has 3 N–H and O–H groups in total. The molecule has 1 fully saturated rings. The number of rotatable bonds is 2. The topological polar surface area (TPSA) is 105 Å². The van der Waals surface area contributed by atoms with Gasteiger partial charge in [-0.1, -0.05) is 0 Å². The summed E-state index contributed by atoms with van der Waals surface area (Å²) in [5, 5.41) is 18.2. The summed E-state index contributed by atoms with van der Waals surface area (Å²) in [7, 11) is 0. The number of H-pyrrole nitrogens is 1. The zero-order valence-corrected chi connectivity index (χ0v) is 8.62. The summed E-state index contributed by atoms with van der Waals surface area (Å²) in [6.45, 7) is -0.600. The SMILES string of the molecule is O=c1cc[nH]c(=O)n1[C@H]1O[C@H](CO)[C@@H](O)[C@@H]1F. The van der Waals surface area contributed by atoms with Crippen molar-refractivity contribution in [2.75, 3.05) is 6.61 Å². The summed E-state index contributed by atoms with van der Waals surface area (Å²) in [5.41, 5.74) is -1.58. The predicted octanol–water partition coefficient (Wildman–Crippen LogP) is -1.87. The normalized spacial score (nSPS) is 32.9. The number of aliphatic hydroxyl groups excluding tert-OH is 2. The summed E-state index contributed by atoms with van der Waals surface area (Å²) >= 11 is 0. The molecule has 0 spiro atoms. The number of halogens is 1. The lowest BCUT2D eigenvalue weighted by atomic mass is 10.1. The molecule has 1 saturated heterocycles. The maximum Gasteiger partial charge on any atom is 0.330 e. The number of aromatic nitrogens is 2. The second kappa shape index (κ2) is 4.40. The van der Waals surface area contributed by atoms with Gasteiger partial charge in [-0.3, -0.25) is 4.79 Å². The van der Waals surface area contributed by atoms with Crippen LogP contribution in [0.15, 0.2) is 21.9 Å². The van der Waals surface area contributed by atoms with E-state index in [0.717, 1.165) is 12.3 Å². The van der Waals surface area contributed by atoms with E-state index >= 15 is 0 Å². The quantitative estimate of drug-likeness (QED) is 0.567. The Morgan fingerprint density at radius 3 is 2.76 bits per heavy atom. The van der Waals surface area contributed by atoms with Gasteiger partial charge in [0.15, 0.2) is 12.4 Å². The first-order valence-electron chi connectivity index (χ1n) is 4.95. The first-order chi connectivity index (χ1) is 8.06. The average Bonchev–Trinajstić information content (AvgIpc) is 2.57. The lowest BCUT2D eigenvalue weighted by Crippen LogP contribution is -2.40. The highest BCUT2D eigenvalue weighted by molar-refractivity contribution is 4.93. The van der Waals surface area contributed by atoms with Gasteiger partial charge in [-0.25, -0.2) is 13.8 Å². The van der Waals surface area contributed by atoms with E-state index < -0.39 is 42.5 Å². The van der Waals surface area contributed by atoms with E-state index in [0.29, 0.717) is 4.57 Å². The number of hydrogen-bond donors (Lipinski definition) is 3. The van der Waals surface area contributed by atoms with E-state index in [9.17, 15) is 19.1 Å². The standard InChI is InChI=1S/C9H11FN2O5/c10-6-7(15)4(3-13)17-8(6)12-5(14)1-2-11-9(12)16/h1-2,4,6-8,13,15H,3H2,(H,11,16)/t4-,6+,7-,8+/m1/s1. The Balaban J connectivity index is 2.42. The van der Waals surface area contributed by atoms with Gasteiger partial charge in [0.05, 0.1) is 6.61 Å². The minimum atomic E-state index is -1.95. The largest absolute Gasteiger partial charge is 0.394 e. The van der Waals surface area contributed by atoms with Crippen LogP contribution in [-0.2, 0) is 4.74 Å². The summed E-state index contributed by atoms with van der Waals surface area (Å²) in [5.74, 6) is 0. The molecule has 2 rings (SSSR count). The average molecular weight is 246 g/mol. The van der Waals surface area contributed by atoms with Crippen molar-refractivity contribution in [2.24, 2.45) is 0 Å². The van der Waals surface area contributed by atoms with Crippen LogP contribution in [-0.4, -0.2) is 44.8 Å².